The lowest BCUT2D eigenvalue weighted by Gasteiger charge is -2.14. The highest BCUT2D eigenvalue weighted by atomic mass is 16.3. The van der Waals surface area contributed by atoms with Crippen LogP contribution in [0.1, 0.15) is 47.1 Å². The van der Waals surface area contributed by atoms with Crippen molar-refractivity contribution < 1.29 is 9.90 Å². The van der Waals surface area contributed by atoms with Crippen LogP contribution in [0.5, 0.6) is 0 Å². The van der Waals surface area contributed by atoms with E-state index in [0.717, 1.165) is 41.8 Å². The van der Waals surface area contributed by atoms with Gasteiger partial charge in [-0.05, 0) is 31.7 Å². The zero-order valence-electron chi connectivity index (χ0n) is 9.34. The molecule has 0 aromatic carbocycles. The van der Waals surface area contributed by atoms with Crippen LogP contribution in [-0.2, 0) is 19.6 Å². The van der Waals surface area contributed by atoms with Crippen molar-refractivity contribution in [1.29, 1.82) is 0 Å². The summed E-state index contributed by atoms with van der Waals surface area (Å²) in [5, 5.41) is 9.32. The summed E-state index contributed by atoms with van der Waals surface area (Å²) < 4.78 is 1.88. The van der Waals surface area contributed by atoms with Crippen molar-refractivity contribution in [3.05, 3.63) is 22.5 Å². The SMILES string of the molecule is CCc1c2c(n(CO)c1C)CCCC2=O. The molecule has 0 aliphatic heterocycles. The van der Waals surface area contributed by atoms with Crippen LogP contribution in [0.3, 0.4) is 0 Å². The number of fused-ring (bicyclic) bond motifs is 1. The maximum Gasteiger partial charge on any atom is 0.164 e. The molecular weight excluding hydrogens is 190 g/mol. The maximum atomic E-state index is 11.9. The Morgan fingerprint density at radius 1 is 1.40 bits per heavy atom. The lowest BCUT2D eigenvalue weighted by atomic mass is 9.92. The van der Waals surface area contributed by atoms with E-state index in [0.29, 0.717) is 6.42 Å². The molecule has 1 aliphatic carbocycles. The average molecular weight is 207 g/mol. The standard InChI is InChI=1S/C12H17NO2/c1-3-9-8(2)13(7-14)10-5-4-6-11(15)12(9)10/h14H,3-7H2,1-2H3. The summed E-state index contributed by atoms with van der Waals surface area (Å²) in [5.41, 5.74) is 4.13. The molecular formula is C12H17NO2. The molecule has 1 N–H and O–H groups in total. The van der Waals surface area contributed by atoms with Crippen LogP contribution in [0.25, 0.3) is 0 Å². The monoisotopic (exact) mass is 207 g/mol. The number of aliphatic hydroxyl groups is 1. The molecule has 82 valence electrons. The lowest BCUT2D eigenvalue weighted by molar-refractivity contribution is 0.0970. The van der Waals surface area contributed by atoms with Gasteiger partial charge in [0.15, 0.2) is 5.78 Å². The van der Waals surface area contributed by atoms with Gasteiger partial charge in [0.05, 0.1) is 0 Å². The summed E-state index contributed by atoms with van der Waals surface area (Å²) >= 11 is 0. The number of carbonyl (C=O) groups excluding carboxylic acids is 1. The molecule has 1 heterocycles. The Labute approximate surface area is 89.7 Å². The topological polar surface area (TPSA) is 42.2 Å². The Balaban J connectivity index is 2.66. The van der Waals surface area contributed by atoms with Crippen molar-refractivity contribution in [2.75, 3.05) is 0 Å². The highest BCUT2D eigenvalue weighted by Gasteiger charge is 2.26. The normalized spacial score (nSPS) is 15.5. The van der Waals surface area contributed by atoms with Crippen molar-refractivity contribution in [2.45, 2.75) is 46.3 Å². The van der Waals surface area contributed by atoms with E-state index < -0.39 is 0 Å². The van der Waals surface area contributed by atoms with E-state index in [2.05, 4.69) is 6.92 Å². The Bertz CT molecular complexity index is 404. The van der Waals surface area contributed by atoms with Gasteiger partial charge in [0.25, 0.3) is 0 Å². The predicted molar refractivity (Wildman–Crippen MR) is 58.0 cm³/mol. The van der Waals surface area contributed by atoms with E-state index in [4.69, 9.17) is 0 Å². The average Bonchev–Trinajstić information content (AvgIpc) is 2.51. The van der Waals surface area contributed by atoms with Crippen LogP contribution >= 0.6 is 0 Å². The molecule has 15 heavy (non-hydrogen) atoms. The maximum absolute atomic E-state index is 11.9. The van der Waals surface area contributed by atoms with E-state index in [-0.39, 0.29) is 12.5 Å². The van der Waals surface area contributed by atoms with E-state index >= 15 is 0 Å². The van der Waals surface area contributed by atoms with Gasteiger partial charge in [-0.1, -0.05) is 6.92 Å². The molecule has 3 heteroatoms. The van der Waals surface area contributed by atoms with Gasteiger partial charge >= 0.3 is 0 Å². The molecule has 0 saturated heterocycles. The number of carbonyl (C=O) groups is 1. The Hall–Kier alpha value is -1.09. The minimum absolute atomic E-state index is 0.0125. The third-order valence-corrected chi connectivity index (χ3v) is 3.35. The molecule has 0 radical (unpaired) electrons. The molecule has 0 saturated carbocycles. The van der Waals surface area contributed by atoms with Crippen LogP contribution in [0.4, 0.5) is 0 Å². The fraction of sp³-hybridized carbons (Fsp3) is 0.583. The zero-order chi connectivity index (χ0) is 11.0. The smallest absolute Gasteiger partial charge is 0.164 e. The molecule has 0 spiro atoms. The van der Waals surface area contributed by atoms with Crippen LogP contribution in [-0.4, -0.2) is 15.5 Å². The van der Waals surface area contributed by atoms with Gasteiger partial charge in [0.2, 0.25) is 0 Å². The second-order valence-corrected chi connectivity index (χ2v) is 4.09. The van der Waals surface area contributed by atoms with Crippen LogP contribution in [0, 0.1) is 6.92 Å². The number of nitrogens with zero attached hydrogens (tertiary/aromatic N) is 1. The highest BCUT2D eigenvalue weighted by molar-refractivity contribution is 6.00. The van der Waals surface area contributed by atoms with Gasteiger partial charge in [0, 0.05) is 23.4 Å². The first-order valence-electron chi connectivity index (χ1n) is 5.55. The van der Waals surface area contributed by atoms with E-state index in [1.165, 1.54) is 0 Å². The van der Waals surface area contributed by atoms with Crippen molar-refractivity contribution in [2.24, 2.45) is 0 Å². The molecule has 0 atom stereocenters. The first-order valence-corrected chi connectivity index (χ1v) is 5.55. The number of aromatic nitrogens is 1. The van der Waals surface area contributed by atoms with E-state index in [1.807, 2.05) is 11.5 Å². The Kier molecular flexibility index (Phi) is 2.65. The zero-order valence-corrected chi connectivity index (χ0v) is 9.34. The highest BCUT2D eigenvalue weighted by Crippen LogP contribution is 2.29. The predicted octanol–water partition coefficient (Wildman–Crippen LogP) is 1.83. The van der Waals surface area contributed by atoms with Crippen molar-refractivity contribution in [3.8, 4) is 0 Å². The minimum Gasteiger partial charge on any atom is -0.376 e. The molecule has 2 rings (SSSR count). The number of aliphatic hydroxyl groups excluding tert-OH is 1. The summed E-state index contributed by atoms with van der Waals surface area (Å²) in [6, 6.07) is 0. The fourth-order valence-electron chi connectivity index (χ4n) is 2.61. The summed E-state index contributed by atoms with van der Waals surface area (Å²) in [6.07, 6.45) is 3.36. The van der Waals surface area contributed by atoms with Gasteiger partial charge in [0.1, 0.15) is 6.73 Å². The molecule has 0 amide bonds. The van der Waals surface area contributed by atoms with Crippen LogP contribution in [0.15, 0.2) is 0 Å². The van der Waals surface area contributed by atoms with Crippen molar-refractivity contribution in [3.63, 3.8) is 0 Å². The molecule has 1 aromatic rings. The molecule has 1 aromatic heterocycles. The second-order valence-electron chi connectivity index (χ2n) is 4.09. The third kappa shape index (κ3) is 1.42. The molecule has 0 fully saturated rings. The number of hydrogen-bond acceptors (Lipinski definition) is 2. The lowest BCUT2D eigenvalue weighted by Crippen LogP contribution is -2.14. The summed E-state index contributed by atoms with van der Waals surface area (Å²) in [5.74, 6) is 0.253. The second kappa shape index (κ2) is 3.81. The van der Waals surface area contributed by atoms with Crippen LogP contribution in [0.2, 0.25) is 0 Å². The largest absolute Gasteiger partial charge is 0.376 e. The van der Waals surface area contributed by atoms with Crippen molar-refractivity contribution >= 4 is 5.78 Å². The first kappa shape index (κ1) is 10.4. The quantitative estimate of drug-likeness (QED) is 0.803. The van der Waals surface area contributed by atoms with Gasteiger partial charge < -0.3 is 9.67 Å². The van der Waals surface area contributed by atoms with E-state index in [1.54, 1.807) is 0 Å². The van der Waals surface area contributed by atoms with Gasteiger partial charge in [-0.15, -0.1) is 0 Å². The molecule has 3 nitrogen and oxygen atoms in total. The number of ketones is 1. The molecule has 1 aliphatic rings. The summed E-state index contributed by atoms with van der Waals surface area (Å²) in [4.78, 5) is 11.9. The van der Waals surface area contributed by atoms with Crippen LogP contribution < -0.4 is 0 Å². The number of hydrogen-bond donors (Lipinski definition) is 1. The van der Waals surface area contributed by atoms with Crippen molar-refractivity contribution in [1.82, 2.24) is 4.57 Å². The summed E-state index contributed by atoms with van der Waals surface area (Å²) in [6.45, 7) is 4.04. The Morgan fingerprint density at radius 3 is 2.73 bits per heavy atom. The van der Waals surface area contributed by atoms with E-state index in [9.17, 15) is 9.90 Å². The fourth-order valence-corrected chi connectivity index (χ4v) is 2.61. The Morgan fingerprint density at radius 2 is 2.13 bits per heavy atom. The van der Waals surface area contributed by atoms with Gasteiger partial charge in [-0.25, -0.2) is 0 Å². The summed E-state index contributed by atoms with van der Waals surface area (Å²) in [7, 11) is 0. The number of Topliss-reactive ketones (excluding diaryl/α,β-unsaturated/α-hetero) is 1. The van der Waals surface area contributed by atoms with Gasteiger partial charge in [-0.3, -0.25) is 4.79 Å². The number of rotatable bonds is 2. The first-order chi connectivity index (χ1) is 7.20. The third-order valence-electron chi connectivity index (χ3n) is 3.35. The minimum atomic E-state index is -0.0125. The van der Waals surface area contributed by atoms with Gasteiger partial charge in [-0.2, -0.15) is 0 Å². The molecule has 0 unspecified atom stereocenters. The molecule has 0 bridgehead atoms.